The van der Waals surface area contributed by atoms with Gasteiger partial charge in [0.1, 0.15) is 0 Å². The first kappa shape index (κ1) is 16.0. The molecular formula is C14H23BrN2S. The summed E-state index contributed by atoms with van der Waals surface area (Å²) in [7, 11) is 0. The van der Waals surface area contributed by atoms with Gasteiger partial charge in [-0.3, -0.25) is 0 Å². The molecule has 0 aliphatic rings. The van der Waals surface area contributed by atoms with Gasteiger partial charge in [-0.1, -0.05) is 13.3 Å². The first-order valence-corrected chi connectivity index (χ1v) is 8.48. The van der Waals surface area contributed by atoms with E-state index >= 15 is 0 Å². The quantitative estimate of drug-likeness (QED) is 0.533. The molecule has 1 aromatic rings. The lowest BCUT2D eigenvalue weighted by Crippen LogP contribution is -2.26. The molecule has 4 heteroatoms. The lowest BCUT2D eigenvalue weighted by molar-refractivity contribution is 0.496. The van der Waals surface area contributed by atoms with Crippen molar-refractivity contribution in [2.45, 2.75) is 50.6 Å². The number of rotatable bonds is 9. The highest BCUT2D eigenvalue weighted by atomic mass is 79.9. The maximum atomic E-state index is 4.36. The maximum Gasteiger partial charge on any atom is 0.0960 e. The van der Waals surface area contributed by atoms with Gasteiger partial charge in [0.05, 0.1) is 5.03 Å². The molecule has 1 heterocycles. The Morgan fingerprint density at radius 2 is 2.22 bits per heavy atom. The molecule has 1 atom stereocenters. The van der Waals surface area contributed by atoms with Crippen LogP contribution in [0.15, 0.2) is 27.8 Å². The number of thioether (sulfide) groups is 1. The first-order valence-electron chi connectivity index (χ1n) is 6.70. The van der Waals surface area contributed by atoms with E-state index in [0.717, 1.165) is 21.8 Å². The van der Waals surface area contributed by atoms with E-state index in [4.69, 9.17) is 0 Å². The van der Waals surface area contributed by atoms with Crippen molar-refractivity contribution in [1.82, 2.24) is 10.3 Å². The predicted octanol–water partition coefficient (Wildman–Crippen LogP) is 4.49. The van der Waals surface area contributed by atoms with Gasteiger partial charge in [0.25, 0.3) is 0 Å². The molecule has 102 valence electrons. The Kier molecular flexibility index (Phi) is 8.72. The number of unbranched alkanes of at least 4 members (excludes halogenated alkanes) is 1. The van der Waals surface area contributed by atoms with Crippen molar-refractivity contribution < 1.29 is 0 Å². The third-order valence-corrected chi connectivity index (χ3v) is 4.22. The zero-order chi connectivity index (χ0) is 13.2. The molecule has 0 fully saturated rings. The lowest BCUT2D eigenvalue weighted by Gasteiger charge is -2.12. The number of nitrogens with one attached hydrogen (secondary N) is 1. The van der Waals surface area contributed by atoms with Crippen LogP contribution in [0, 0.1) is 0 Å². The molecule has 0 spiro atoms. The van der Waals surface area contributed by atoms with Gasteiger partial charge >= 0.3 is 0 Å². The second kappa shape index (κ2) is 9.82. The molecule has 0 aliphatic heterocycles. The van der Waals surface area contributed by atoms with Crippen molar-refractivity contribution in [3.05, 3.63) is 22.8 Å². The summed E-state index contributed by atoms with van der Waals surface area (Å²) in [5, 5.41) is 4.64. The van der Waals surface area contributed by atoms with Crippen LogP contribution in [0.2, 0.25) is 0 Å². The Bertz CT molecular complexity index is 316. The second-order valence-electron chi connectivity index (χ2n) is 4.51. The first-order chi connectivity index (χ1) is 8.72. The summed E-state index contributed by atoms with van der Waals surface area (Å²) < 4.78 is 1.04. The van der Waals surface area contributed by atoms with Gasteiger partial charge in [-0.05, 0) is 66.5 Å². The van der Waals surface area contributed by atoms with Crippen molar-refractivity contribution >= 4 is 27.7 Å². The Hall–Kier alpha value is -0.0600. The van der Waals surface area contributed by atoms with Crippen LogP contribution in [0.5, 0.6) is 0 Å². The van der Waals surface area contributed by atoms with Crippen LogP contribution in [0.4, 0.5) is 0 Å². The van der Waals surface area contributed by atoms with Gasteiger partial charge < -0.3 is 5.32 Å². The normalized spacial score (nSPS) is 12.6. The molecule has 0 saturated carbocycles. The monoisotopic (exact) mass is 330 g/mol. The molecule has 0 bridgehead atoms. The van der Waals surface area contributed by atoms with E-state index in [1.165, 1.54) is 25.7 Å². The molecule has 18 heavy (non-hydrogen) atoms. The topological polar surface area (TPSA) is 24.9 Å². The van der Waals surface area contributed by atoms with Crippen LogP contribution in [-0.2, 0) is 0 Å². The minimum absolute atomic E-state index is 0.653. The van der Waals surface area contributed by atoms with E-state index in [0.29, 0.717) is 6.04 Å². The molecule has 1 rings (SSSR count). The van der Waals surface area contributed by atoms with E-state index in [9.17, 15) is 0 Å². The van der Waals surface area contributed by atoms with Crippen LogP contribution >= 0.6 is 27.7 Å². The number of halogens is 1. The molecule has 0 saturated heterocycles. The van der Waals surface area contributed by atoms with Crippen molar-refractivity contribution in [2.24, 2.45) is 0 Å². The number of pyridine rings is 1. The fourth-order valence-electron chi connectivity index (χ4n) is 1.67. The summed E-state index contributed by atoms with van der Waals surface area (Å²) in [5.41, 5.74) is 0. The molecule has 0 amide bonds. The third-order valence-electron chi connectivity index (χ3n) is 2.72. The molecule has 2 nitrogen and oxygen atoms in total. The van der Waals surface area contributed by atoms with Gasteiger partial charge in [0.2, 0.25) is 0 Å². The van der Waals surface area contributed by atoms with E-state index < -0.39 is 0 Å². The Morgan fingerprint density at radius 3 is 2.89 bits per heavy atom. The van der Waals surface area contributed by atoms with Gasteiger partial charge in [-0.25, -0.2) is 4.98 Å². The number of hydrogen-bond donors (Lipinski definition) is 1. The molecule has 1 aromatic heterocycles. The third kappa shape index (κ3) is 7.39. The highest BCUT2D eigenvalue weighted by Gasteiger charge is 2.00. The largest absolute Gasteiger partial charge is 0.314 e. The summed E-state index contributed by atoms with van der Waals surface area (Å²) in [6.45, 7) is 5.62. The zero-order valence-electron chi connectivity index (χ0n) is 11.3. The SMILES string of the molecule is CCCNC(C)CCCCSc1ccc(Br)cn1. The van der Waals surface area contributed by atoms with Gasteiger partial charge in [-0.2, -0.15) is 0 Å². The summed E-state index contributed by atoms with van der Waals surface area (Å²) in [6, 6.07) is 4.77. The van der Waals surface area contributed by atoms with Crippen molar-refractivity contribution in [3.63, 3.8) is 0 Å². The van der Waals surface area contributed by atoms with Crippen molar-refractivity contribution in [3.8, 4) is 0 Å². The van der Waals surface area contributed by atoms with Crippen molar-refractivity contribution in [1.29, 1.82) is 0 Å². The fourth-order valence-corrected chi connectivity index (χ4v) is 2.75. The summed E-state index contributed by atoms with van der Waals surface area (Å²) >= 11 is 5.24. The van der Waals surface area contributed by atoms with Crippen LogP contribution in [0.25, 0.3) is 0 Å². The predicted molar refractivity (Wildman–Crippen MR) is 84.3 cm³/mol. The van der Waals surface area contributed by atoms with Gasteiger partial charge in [0.15, 0.2) is 0 Å². The summed E-state index contributed by atoms with van der Waals surface area (Å²) in [6.07, 6.45) is 6.91. The zero-order valence-corrected chi connectivity index (χ0v) is 13.7. The smallest absolute Gasteiger partial charge is 0.0960 e. The van der Waals surface area contributed by atoms with Crippen LogP contribution in [0.1, 0.15) is 39.5 Å². The van der Waals surface area contributed by atoms with Crippen LogP contribution < -0.4 is 5.32 Å². The van der Waals surface area contributed by atoms with Gasteiger partial charge in [0, 0.05) is 16.7 Å². The molecule has 1 unspecified atom stereocenters. The standard InChI is InChI=1S/C14H23BrN2S/c1-3-9-16-12(2)6-4-5-10-18-14-8-7-13(15)11-17-14/h7-8,11-12,16H,3-6,9-10H2,1-2H3. The van der Waals surface area contributed by atoms with E-state index in [2.05, 4.69) is 46.1 Å². The Morgan fingerprint density at radius 1 is 1.39 bits per heavy atom. The average Bonchev–Trinajstić information content (AvgIpc) is 2.38. The van der Waals surface area contributed by atoms with Crippen LogP contribution in [-0.4, -0.2) is 23.3 Å². The number of nitrogens with zero attached hydrogens (tertiary/aromatic N) is 1. The number of hydrogen-bond acceptors (Lipinski definition) is 3. The van der Waals surface area contributed by atoms with Crippen molar-refractivity contribution in [2.75, 3.05) is 12.3 Å². The maximum absolute atomic E-state index is 4.36. The fraction of sp³-hybridized carbons (Fsp3) is 0.643. The molecule has 1 N–H and O–H groups in total. The lowest BCUT2D eigenvalue weighted by atomic mass is 10.1. The number of aromatic nitrogens is 1. The molecule has 0 radical (unpaired) electrons. The highest BCUT2D eigenvalue weighted by Crippen LogP contribution is 2.19. The van der Waals surface area contributed by atoms with E-state index in [-0.39, 0.29) is 0 Å². The van der Waals surface area contributed by atoms with Gasteiger partial charge in [-0.15, -0.1) is 11.8 Å². The Balaban J connectivity index is 2.03. The van der Waals surface area contributed by atoms with Crippen LogP contribution in [0.3, 0.4) is 0 Å². The molecular weight excluding hydrogens is 308 g/mol. The average molecular weight is 331 g/mol. The summed E-state index contributed by atoms with van der Waals surface area (Å²) in [4.78, 5) is 4.36. The molecule has 0 aliphatic carbocycles. The highest BCUT2D eigenvalue weighted by molar-refractivity contribution is 9.10. The summed E-state index contributed by atoms with van der Waals surface area (Å²) in [5.74, 6) is 1.16. The minimum atomic E-state index is 0.653. The Labute approximate surface area is 123 Å². The second-order valence-corrected chi connectivity index (χ2v) is 6.54. The van der Waals surface area contributed by atoms with E-state index in [1.54, 1.807) is 0 Å². The minimum Gasteiger partial charge on any atom is -0.314 e. The van der Waals surface area contributed by atoms with E-state index in [1.807, 2.05) is 24.0 Å². The molecule has 0 aromatic carbocycles.